The molecule has 7 rings (SSSR count). The molecule has 3 saturated heterocycles. The molecule has 4 aliphatic heterocycles. The van der Waals surface area contributed by atoms with Gasteiger partial charge in [-0.25, -0.2) is 18.2 Å². The maximum atomic E-state index is 17.0. The summed E-state index contributed by atoms with van der Waals surface area (Å²) in [7, 11) is 1.74. The number of likely N-dealkylation sites (N-methyl/N-ethyl adjacent to an activating group) is 1. The SMILES string of the molecule is Cc1cc(N)nc(-c2c(Cl)c3c4c(nc(OCC5(C)CC(C(F)F)CN5C)nc4c2F)N2C[C@H]4CCC(N4)[C@H]2CC3C)c1C(F)(F)F. The number of ether oxygens (including phenoxy) is 1. The number of piperazine rings is 1. The van der Waals surface area contributed by atoms with Gasteiger partial charge in [-0.15, -0.1) is 0 Å². The van der Waals surface area contributed by atoms with Gasteiger partial charge >= 0.3 is 12.2 Å². The summed E-state index contributed by atoms with van der Waals surface area (Å²) in [6.45, 7) is 5.65. The molecule has 2 aromatic heterocycles. The molecule has 0 aliphatic carbocycles. The summed E-state index contributed by atoms with van der Waals surface area (Å²) < 4.78 is 93.8. The Bertz CT molecular complexity index is 1760. The fraction of sp³-hybridized carbons (Fsp3) is 0.594. The van der Waals surface area contributed by atoms with Crippen molar-refractivity contribution in [1.82, 2.24) is 25.2 Å². The summed E-state index contributed by atoms with van der Waals surface area (Å²) in [4.78, 5) is 17.2. The molecule has 0 saturated carbocycles. The standard InChI is InChI=1S/C32H36ClF6N7O/c1-13-7-18-17-6-5-16(41-17)11-46(18)29-21-20(13)24(33)22(26-23(32(37,38)39)14(2)8-19(40)42-26)25(34)27(21)43-30(44-29)47-12-31(3)9-15(28(35)36)10-45(31)4/h8,13,15-18,28,41H,5-7,9-12H2,1-4H3,(H2,40,42)/t13?,15?,16-,17?,18-,31?/m1/s1. The Kier molecular flexibility index (Phi) is 7.75. The summed E-state index contributed by atoms with van der Waals surface area (Å²) >= 11 is 6.99. The van der Waals surface area contributed by atoms with Crippen LogP contribution in [-0.2, 0) is 6.18 Å². The summed E-state index contributed by atoms with van der Waals surface area (Å²) in [6, 6.07) is 1.12. The van der Waals surface area contributed by atoms with Crippen LogP contribution in [0.1, 0.15) is 62.1 Å². The molecule has 6 atom stereocenters. The molecule has 3 aromatic rings. The zero-order valence-electron chi connectivity index (χ0n) is 26.4. The van der Waals surface area contributed by atoms with Crippen LogP contribution in [0.2, 0.25) is 5.02 Å². The number of aromatic nitrogens is 3. The minimum Gasteiger partial charge on any atom is -0.461 e. The molecule has 15 heteroatoms. The van der Waals surface area contributed by atoms with E-state index < -0.39 is 46.7 Å². The van der Waals surface area contributed by atoms with E-state index in [0.29, 0.717) is 29.7 Å². The van der Waals surface area contributed by atoms with Gasteiger partial charge in [0.15, 0.2) is 5.82 Å². The number of benzene rings is 1. The molecular weight excluding hydrogens is 648 g/mol. The molecule has 0 spiro atoms. The van der Waals surface area contributed by atoms with Crippen molar-refractivity contribution in [2.45, 2.75) is 88.6 Å². The van der Waals surface area contributed by atoms with E-state index in [2.05, 4.69) is 20.2 Å². The molecule has 4 aliphatic rings. The number of nitrogens with two attached hydrogens (primary N) is 1. The molecule has 47 heavy (non-hydrogen) atoms. The van der Waals surface area contributed by atoms with E-state index in [1.807, 2.05) is 6.92 Å². The van der Waals surface area contributed by atoms with Gasteiger partial charge in [0.2, 0.25) is 6.43 Å². The second-order valence-corrected chi connectivity index (χ2v) is 14.3. The van der Waals surface area contributed by atoms with Crippen LogP contribution in [0.4, 0.5) is 38.0 Å². The number of nitrogens with one attached hydrogen (secondary N) is 1. The van der Waals surface area contributed by atoms with Gasteiger partial charge in [0.1, 0.15) is 23.8 Å². The third-order valence-electron chi connectivity index (χ3n) is 10.7. The largest absolute Gasteiger partial charge is 0.461 e. The number of aryl methyl sites for hydroxylation is 1. The minimum atomic E-state index is -4.89. The number of halogens is 7. The molecule has 254 valence electrons. The van der Waals surface area contributed by atoms with Crippen LogP contribution >= 0.6 is 11.6 Å². The van der Waals surface area contributed by atoms with E-state index in [9.17, 15) is 22.0 Å². The third-order valence-corrected chi connectivity index (χ3v) is 11.1. The maximum absolute atomic E-state index is 17.0. The van der Waals surface area contributed by atoms with E-state index in [1.165, 1.54) is 6.92 Å². The van der Waals surface area contributed by atoms with Gasteiger partial charge in [-0.3, -0.25) is 4.90 Å². The van der Waals surface area contributed by atoms with Crippen LogP contribution in [0.15, 0.2) is 6.07 Å². The number of alkyl halides is 5. The summed E-state index contributed by atoms with van der Waals surface area (Å²) in [5.41, 5.74) is 2.70. The second-order valence-electron chi connectivity index (χ2n) is 13.9. The number of anilines is 2. The normalized spacial score (nSPS) is 29.1. The number of nitrogens with zero attached hydrogens (tertiary/aromatic N) is 5. The molecule has 3 N–H and O–H groups in total. The zero-order valence-corrected chi connectivity index (χ0v) is 27.1. The molecule has 0 radical (unpaired) electrons. The fourth-order valence-corrected chi connectivity index (χ4v) is 8.75. The van der Waals surface area contributed by atoms with E-state index in [1.54, 1.807) is 18.9 Å². The lowest BCUT2D eigenvalue weighted by Gasteiger charge is -2.41. The second kappa shape index (κ2) is 11.2. The van der Waals surface area contributed by atoms with Crippen LogP contribution in [0.3, 0.4) is 0 Å². The Morgan fingerprint density at radius 3 is 2.62 bits per heavy atom. The van der Waals surface area contributed by atoms with Crippen LogP contribution in [0, 0.1) is 18.7 Å². The Morgan fingerprint density at radius 2 is 1.94 bits per heavy atom. The first-order valence-corrected chi connectivity index (χ1v) is 16.2. The Morgan fingerprint density at radius 1 is 1.19 bits per heavy atom. The average molecular weight is 684 g/mol. The van der Waals surface area contributed by atoms with Gasteiger partial charge in [0.05, 0.1) is 32.8 Å². The lowest BCUT2D eigenvalue weighted by atomic mass is 9.87. The number of rotatable bonds is 5. The number of hydrogen-bond donors (Lipinski definition) is 2. The van der Waals surface area contributed by atoms with Gasteiger partial charge in [-0.1, -0.05) is 18.5 Å². The Hall–Kier alpha value is -3.10. The highest BCUT2D eigenvalue weighted by Gasteiger charge is 2.47. The first-order chi connectivity index (χ1) is 22.1. The van der Waals surface area contributed by atoms with Gasteiger partial charge in [-0.05, 0) is 69.7 Å². The highest BCUT2D eigenvalue weighted by molar-refractivity contribution is 6.35. The predicted octanol–water partition coefficient (Wildman–Crippen LogP) is 6.56. The fourth-order valence-electron chi connectivity index (χ4n) is 8.29. The van der Waals surface area contributed by atoms with Crippen molar-refractivity contribution in [2.75, 3.05) is 37.4 Å². The molecule has 0 amide bonds. The molecule has 1 aromatic carbocycles. The number of nitrogen functional groups attached to an aromatic ring is 1. The van der Waals surface area contributed by atoms with Crippen molar-refractivity contribution >= 4 is 34.1 Å². The van der Waals surface area contributed by atoms with Crippen LogP contribution in [-0.4, -0.2) is 76.7 Å². The molecule has 2 bridgehead atoms. The van der Waals surface area contributed by atoms with Gasteiger partial charge < -0.3 is 20.7 Å². The first-order valence-electron chi connectivity index (χ1n) is 15.8. The van der Waals surface area contributed by atoms with Crippen molar-refractivity contribution in [2.24, 2.45) is 5.92 Å². The van der Waals surface area contributed by atoms with Gasteiger partial charge in [0.25, 0.3) is 0 Å². The van der Waals surface area contributed by atoms with Gasteiger partial charge in [-0.2, -0.15) is 23.1 Å². The lowest BCUT2D eigenvalue weighted by molar-refractivity contribution is -0.137. The smallest absolute Gasteiger partial charge is 0.418 e. The Labute approximate surface area is 273 Å². The number of likely N-dealkylation sites (tertiary alicyclic amines) is 1. The van der Waals surface area contributed by atoms with Crippen molar-refractivity contribution in [1.29, 1.82) is 0 Å². The van der Waals surface area contributed by atoms with Crippen molar-refractivity contribution < 1.29 is 31.1 Å². The molecule has 6 heterocycles. The van der Waals surface area contributed by atoms with Crippen molar-refractivity contribution in [3.05, 3.63) is 33.6 Å². The summed E-state index contributed by atoms with van der Waals surface area (Å²) in [6.07, 6.45) is -4.75. The highest BCUT2D eigenvalue weighted by Crippen LogP contribution is 2.51. The van der Waals surface area contributed by atoms with Crippen LogP contribution in [0.5, 0.6) is 6.01 Å². The number of pyridine rings is 1. The topological polar surface area (TPSA) is 92.4 Å². The monoisotopic (exact) mass is 683 g/mol. The molecule has 8 nitrogen and oxygen atoms in total. The molecular formula is C32H36ClF6N7O. The first kappa shape index (κ1) is 32.4. The lowest BCUT2D eigenvalue weighted by Crippen LogP contribution is -2.58. The van der Waals surface area contributed by atoms with Crippen molar-refractivity contribution in [3.63, 3.8) is 0 Å². The predicted molar refractivity (Wildman–Crippen MR) is 167 cm³/mol. The molecule has 4 unspecified atom stereocenters. The average Bonchev–Trinajstić information content (AvgIpc) is 3.48. The maximum Gasteiger partial charge on any atom is 0.418 e. The van der Waals surface area contributed by atoms with E-state index >= 15 is 4.39 Å². The van der Waals surface area contributed by atoms with E-state index in [-0.39, 0.29) is 71.5 Å². The zero-order chi connectivity index (χ0) is 33.7. The molecule has 3 fully saturated rings. The van der Waals surface area contributed by atoms with Gasteiger partial charge in [0, 0.05) is 37.1 Å². The van der Waals surface area contributed by atoms with Crippen LogP contribution < -0.4 is 20.7 Å². The Balaban J connectivity index is 1.45. The van der Waals surface area contributed by atoms with Crippen LogP contribution in [0.25, 0.3) is 22.2 Å². The quantitative estimate of drug-likeness (QED) is 0.292. The number of hydrogen-bond acceptors (Lipinski definition) is 8. The third kappa shape index (κ3) is 5.25. The summed E-state index contributed by atoms with van der Waals surface area (Å²) in [5.74, 6) is -2.08. The summed E-state index contributed by atoms with van der Waals surface area (Å²) in [5, 5.41) is 3.78. The van der Waals surface area contributed by atoms with E-state index in [4.69, 9.17) is 27.1 Å². The van der Waals surface area contributed by atoms with Crippen molar-refractivity contribution in [3.8, 4) is 17.3 Å². The minimum absolute atomic E-state index is 0.0616. The number of fused-ring (bicyclic) bond motifs is 5. The highest BCUT2D eigenvalue weighted by atomic mass is 35.5. The van der Waals surface area contributed by atoms with E-state index in [0.717, 1.165) is 18.9 Å².